The number of nitrogens with zero attached hydrogens (tertiary/aromatic N) is 2. The van der Waals surface area contributed by atoms with Gasteiger partial charge in [0.2, 0.25) is 0 Å². The average molecular weight is 225 g/mol. The van der Waals surface area contributed by atoms with E-state index in [4.69, 9.17) is 5.73 Å². The van der Waals surface area contributed by atoms with Crippen molar-refractivity contribution < 1.29 is 0 Å². The van der Waals surface area contributed by atoms with Gasteiger partial charge in [-0.2, -0.15) is 0 Å². The average Bonchev–Trinajstić information content (AvgIpc) is 2.66. The van der Waals surface area contributed by atoms with Crippen molar-refractivity contribution in [1.29, 1.82) is 0 Å². The van der Waals surface area contributed by atoms with Crippen molar-refractivity contribution >= 4 is 21.5 Å². The second kappa shape index (κ2) is 4.84. The van der Waals surface area contributed by atoms with Gasteiger partial charge in [0.1, 0.15) is 5.00 Å². The summed E-state index contributed by atoms with van der Waals surface area (Å²) in [6.45, 7) is 1.13. The quantitative estimate of drug-likeness (QED) is 0.860. The molecule has 1 aromatic rings. The fourth-order valence-electron chi connectivity index (χ4n) is 2.29. The van der Waals surface area contributed by atoms with Crippen molar-refractivity contribution in [2.45, 2.75) is 32.1 Å². The smallest absolute Gasteiger partial charge is 0.186 e. The van der Waals surface area contributed by atoms with Gasteiger partial charge < -0.3 is 10.6 Å². The van der Waals surface area contributed by atoms with Crippen LogP contribution in [0.1, 0.15) is 32.1 Å². The van der Waals surface area contributed by atoms with Gasteiger partial charge in [0.05, 0.1) is 6.20 Å². The van der Waals surface area contributed by atoms with E-state index in [0.717, 1.165) is 22.6 Å². The van der Waals surface area contributed by atoms with Crippen LogP contribution in [-0.4, -0.2) is 18.6 Å². The Hall–Kier alpha value is -0.770. The van der Waals surface area contributed by atoms with Crippen LogP contribution >= 0.6 is 11.3 Å². The normalized spacial score (nSPS) is 17.9. The lowest BCUT2D eigenvalue weighted by molar-refractivity contribution is 0.362. The minimum absolute atomic E-state index is 0.806. The predicted molar refractivity (Wildman–Crippen MR) is 66.4 cm³/mol. The van der Waals surface area contributed by atoms with E-state index in [1.54, 1.807) is 17.5 Å². The van der Waals surface area contributed by atoms with Crippen LogP contribution in [-0.2, 0) is 0 Å². The summed E-state index contributed by atoms with van der Waals surface area (Å²) < 4.78 is 0. The third kappa shape index (κ3) is 2.84. The van der Waals surface area contributed by atoms with Gasteiger partial charge in [-0.25, -0.2) is 4.98 Å². The molecule has 0 radical (unpaired) electrons. The minimum atomic E-state index is 0.806. The summed E-state index contributed by atoms with van der Waals surface area (Å²) in [4.78, 5) is 6.55. The van der Waals surface area contributed by atoms with Gasteiger partial charge in [-0.3, -0.25) is 0 Å². The highest BCUT2D eigenvalue weighted by atomic mass is 32.1. The molecule has 0 bridgehead atoms. The summed E-state index contributed by atoms with van der Waals surface area (Å²) >= 11 is 1.58. The molecule has 3 nitrogen and oxygen atoms in total. The van der Waals surface area contributed by atoms with Crippen LogP contribution < -0.4 is 10.6 Å². The molecule has 1 fully saturated rings. The largest absolute Gasteiger partial charge is 0.389 e. The van der Waals surface area contributed by atoms with Crippen LogP contribution in [0, 0.1) is 5.92 Å². The van der Waals surface area contributed by atoms with Crippen LogP contribution in [0.15, 0.2) is 6.20 Å². The zero-order valence-corrected chi connectivity index (χ0v) is 10.1. The first kappa shape index (κ1) is 10.7. The van der Waals surface area contributed by atoms with Crippen LogP contribution in [0.4, 0.5) is 10.1 Å². The molecular weight excluding hydrogens is 206 g/mol. The summed E-state index contributed by atoms with van der Waals surface area (Å²) in [6, 6.07) is 0. The first-order valence-corrected chi connectivity index (χ1v) is 6.50. The molecule has 0 atom stereocenters. The Morgan fingerprint density at radius 1 is 1.47 bits per heavy atom. The van der Waals surface area contributed by atoms with Gasteiger partial charge in [0, 0.05) is 13.6 Å². The highest BCUT2D eigenvalue weighted by Gasteiger charge is 2.16. The molecule has 0 aliphatic heterocycles. The molecule has 1 saturated carbocycles. The summed E-state index contributed by atoms with van der Waals surface area (Å²) in [5, 5.41) is 1.86. The number of anilines is 2. The molecule has 2 N–H and O–H groups in total. The van der Waals surface area contributed by atoms with Gasteiger partial charge in [-0.1, -0.05) is 30.6 Å². The van der Waals surface area contributed by atoms with Gasteiger partial charge >= 0.3 is 0 Å². The van der Waals surface area contributed by atoms with Crippen molar-refractivity contribution in [1.82, 2.24) is 4.98 Å². The highest BCUT2D eigenvalue weighted by molar-refractivity contribution is 7.19. The monoisotopic (exact) mass is 225 g/mol. The van der Waals surface area contributed by atoms with Gasteiger partial charge in [0.15, 0.2) is 5.13 Å². The van der Waals surface area contributed by atoms with E-state index in [2.05, 4.69) is 16.9 Å². The summed E-state index contributed by atoms with van der Waals surface area (Å²) in [6.07, 6.45) is 8.73. The predicted octanol–water partition coefficient (Wildman–Crippen LogP) is 2.74. The lowest BCUT2D eigenvalue weighted by Gasteiger charge is -2.26. The van der Waals surface area contributed by atoms with Crippen molar-refractivity contribution in [3.63, 3.8) is 0 Å². The summed E-state index contributed by atoms with van der Waals surface area (Å²) in [5.41, 5.74) is 5.68. The van der Waals surface area contributed by atoms with Gasteiger partial charge in [-0.05, 0) is 18.8 Å². The maximum atomic E-state index is 5.68. The lowest BCUT2D eigenvalue weighted by Crippen LogP contribution is -2.26. The Kier molecular flexibility index (Phi) is 3.46. The molecule has 0 spiro atoms. The Bertz CT molecular complexity index is 305. The van der Waals surface area contributed by atoms with Crippen molar-refractivity contribution in [3.05, 3.63) is 6.20 Å². The highest BCUT2D eigenvalue weighted by Crippen LogP contribution is 2.28. The molecule has 1 heterocycles. The molecule has 0 amide bonds. The van der Waals surface area contributed by atoms with Crippen LogP contribution in [0.2, 0.25) is 0 Å². The molecule has 0 aromatic carbocycles. The van der Waals surface area contributed by atoms with E-state index in [1.165, 1.54) is 32.1 Å². The van der Waals surface area contributed by atoms with E-state index in [0.29, 0.717) is 0 Å². The summed E-state index contributed by atoms with van der Waals surface area (Å²) in [5.74, 6) is 0.855. The number of nitrogens with two attached hydrogens (primary N) is 1. The summed E-state index contributed by atoms with van der Waals surface area (Å²) in [7, 11) is 2.12. The molecule has 1 aliphatic carbocycles. The van der Waals surface area contributed by atoms with E-state index >= 15 is 0 Å². The molecule has 4 heteroatoms. The van der Waals surface area contributed by atoms with Crippen molar-refractivity contribution in [3.8, 4) is 0 Å². The number of hydrogen-bond acceptors (Lipinski definition) is 4. The molecule has 1 aromatic heterocycles. The van der Waals surface area contributed by atoms with Crippen LogP contribution in [0.5, 0.6) is 0 Å². The standard InChI is InChI=1S/C11H19N3S/c1-14(11-13-7-10(12)15-11)8-9-5-3-2-4-6-9/h7,9H,2-6,8,12H2,1H3. The number of thiazole rings is 1. The van der Waals surface area contributed by atoms with E-state index < -0.39 is 0 Å². The zero-order chi connectivity index (χ0) is 10.7. The lowest BCUT2D eigenvalue weighted by atomic mass is 9.89. The number of rotatable bonds is 3. The Labute approximate surface area is 95.3 Å². The first-order valence-electron chi connectivity index (χ1n) is 5.68. The number of aromatic nitrogens is 1. The molecular formula is C11H19N3S. The zero-order valence-electron chi connectivity index (χ0n) is 9.28. The van der Waals surface area contributed by atoms with Gasteiger partial charge in [0.25, 0.3) is 0 Å². The maximum Gasteiger partial charge on any atom is 0.186 e. The molecule has 0 saturated heterocycles. The van der Waals surface area contributed by atoms with Crippen molar-refractivity contribution in [2.75, 3.05) is 24.2 Å². The number of hydrogen-bond donors (Lipinski definition) is 1. The maximum absolute atomic E-state index is 5.68. The molecule has 1 aliphatic rings. The van der Waals surface area contributed by atoms with Crippen LogP contribution in [0.25, 0.3) is 0 Å². The van der Waals surface area contributed by atoms with Crippen molar-refractivity contribution in [2.24, 2.45) is 5.92 Å². The van der Waals surface area contributed by atoms with Crippen LogP contribution in [0.3, 0.4) is 0 Å². The molecule has 0 unspecified atom stereocenters. The minimum Gasteiger partial charge on any atom is -0.389 e. The third-order valence-electron chi connectivity index (χ3n) is 3.09. The first-order chi connectivity index (χ1) is 7.25. The fraction of sp³-hybridized carbons (Fsp3) is 0.727. The van der Waals surface area contributed by atoms with E-state index in [1.807, 2.05) is 0 Å². The Morgan fingerprint density at radius 3 is 2.80 bits per heavy atom. The Balaban J connectivity index is 1.88. The second-order valence-electron chi connectivity index (χ2n) is 4.43. The molecule has 84 valence electrons. The fourth-order valence-corrected chi connectivity index (χ4v) is 2.94. The van der Waals surface area contributed by atoms with E-state index in [9.17, 15) is 0 Å². The molecule has 2 rings (SSSR count). The van der Waals surface area contributed by atoms with Gasteiger partial charge in [-0.15, -0.1) is 0 Å². The molecule has 15 heavy (non-hydrogen) atoms. The topological polar surface area (TPSA) is 42.2 Å². The number of nitrogen functional groups attached to an aromatic ring is 1. The second-order valence-corrected chi connectivity index (χ2v) is 5.47. The van der Waals surface area contributed by atoms with E-state index in [-0.39, 0.29) is 0 Å². The third-order valence-corrected chi connectivity index (χ3v) is 4.04. The SMILES string of the molecule is CN(CC1CCCCC1)c1ncc(N)s1. The Morgan fingerprint density at radius 2 is 2.20 bits per heavy atom.